The van der Waals surface area contributed by atoms with Crippen molar-refractivity contribution in [3.63, 3.8) is 0 Å². The van der Waals surface area contributed by atoms with E-state index >= 15 is 0 Å². The van der Waals surface area contributed by atoms with Crippen molar-refractivity contribution < 1.29 is 19.1 Å². The number of nitrogens with one attached hydrogen (secondary N) is 2. The molecule has 1 aromatic rings. The van der Waals surface area contributed by atoms with Crippen LogP contribution >= 0.6 is 11.6 Å². The Balaban J connectivity index is 1.98. The zero-order chi connectivity index (χ0) is 13.8. The summed E-state index contributed by atoms with van der Waals surface area (Å²) in [5, 5.41) is 5.17. The molecule has 1 aliphatic heterocycles. The number of ether oxygens (including phenoxy) is 2. The van der Waals surface area contributed by atoms with E-state index in [0.29, 0.717) is 16.3 Å². The van der Waals surface area contributed by atoms with Crippen molar-refractivity contribution >= 4 is 29.2 Å². The van der Waals surface area contributed by atoms with E-state index in [0.717, 1.165) is 6.26 Å². The van der Waals surface area contributed by atoms with Gasteiger partial charge >= 0.3 is 6.03 Å². The van der Waals surface area contributed by atoms with Crippen LogP contribution in [0.1, 0.15) is 5.56 Å². The fraction of sp³-hybridized carbons (Fsp3) is 0.167. The van der Waals surface area contributed by atoms with E-state index in [1.807, 2.05) is 0 Å². The number of imide groups is 1. The Hall–Kier alpha value is -2.21. The minimum Gasteiger partial charge on any atom is -0.461 e. The van der Waals surface area contributed by atoms with Gasteiger partial charge in [-0.25, -0.2) is 4.79 Å². The van der Waals surface area contributed by atoms with Crippen LogP contribution < -0.4 is 10.6 Å². The second-order valence-electron chi connectivity index (χ2n) is 3.73. The number of urea groups is 1. The van der Waals surface area contributed by atoms with Crippen LogP contribution in [0.15, 0.2) is 30.2 Å². The Kier molecular flexibility index (Phi) is 3.91. The maximum atomic E-state index is 11.6. The molecule has 1 heterocycles. The summed E-state index contributed by atoms with van der Waals surface area (Å²) in [4.78, 5) is 23.2. The predicted octanol–water partition coefficient (Wildman–Crippen LogP) is 2.14. The number of rotatable bonds is 2. The number of amides is 3. The van der Waals surface area contributed by atoms with Crippen molar-refractivity contribution in [2.24, 2.45) is 0 Å². The fourth-order valence-electron chi connectivity index (χ4n) is 1.42. The van der Waals surface area contributed by atoms with Crippen LogP contribution in [0.3, 0.4) is 0 Å². The summed E-state index contributed by atoms with van der Waals surface area (Å²) < 4.78 is 9.55. The topological polar surface area (TPSA) is 76.7 Å². The van der Waals surface area contributed by atoms with E-state index in [-0.39, 0.29) is 12.6 Å². The summed E-state index contributed by atoms with van der Waals surface area (Å²) in [6.07, 6.45) is 1.15. The molecule has 6 nitrogen and oxygen atoms in total. The summed E-state index contributed by atoms with van der Waals surface area (Å²) in [6, 6.07) is 4.41. The van der Waals surface area contributed by atoms with Crippen LogP contribution in [0, 0.1) is 6.92 Å². The lowest BCUT2D eigenvalue weighted by Crippen LogP contribution is -2.35. The Morgan fingerprint density at radius 1 is 1.37 bits per heavy atom. The van der Waals surface area contributed by atoms with Gasteiger partial charge in [-0.05, 0) is 24.6 Å². The maximum Gasteiger partial charge on any atom is 0.326 e. The second kappa shape index (κ2) is 5.62. The third kappa shape index (κ3) is 3.17. The first-order valence-electron chi connectivity index (χ1n) is 5.40. The largest absolute Gasteiger partial charge is 0.461 e. The Bertz CT molecular complexity index is 557. The van der Waals surface area contributed by atoms with Crippen molar-refractivity contribution in [3.8, 4) is 0 Å². The fourth-order valence-corrected chi connectivity index (χ4v) is 1.60. The monoisotopic (exact) mass is 282 g/mol. The molecule has 0 atom stereocenters. The smallest absolute Gasteiger partial charge is 0.326 e. The Labute approximate surface area is 114 Å². The zero-order valence-corrected chi connectivity index (χ0v) is 10.8. The molecule has 0 fully saturated rings. The number of hydrogen-bond donors (Lipinski definition) is 2. The van der Waals surface area contributed by atoms with E-state index in [2.05, 4.69) is 10.6 Å². The van der Waals surface area contributed by atoms with Gasteiger partial charge in [-0.15, -0.1) is 0 Å². The molecule has 0 unspecified atom stereocenters. The lowest BCUT2D eigenvalue weighted by molar-refractivity contribution is -0.119. The summed E-state index contributed by atoms with van der Waals surface area (Å²) in [6.45, 7) is 1.73. The highest BCUT2D eigenvalue weighted by molar-refractivity contribution is 6.31. The molecule has 100 valence electrons. The molecule has 0 aliphatic carbocycles. The number of halogens is 1. The molecule has 1 aliphatic rings. The van der Waals surface area contributed by atoms with Crippen LogP contribution in [-0.2, 0) is 14.3 Å². The van der Waals surface area contributed by atoms with Gasteiger partial charge in [-0.1, -0.05) is 17.7 Å². The van der Waals surface area contributed by atoms with Crippen molar-refractivity contribution in [2.45, 2.75) is 6.92 Å². The van der Waals surface area contributed by atoms with Crippen LogP contribution in [-0.4, -0.2) is 18.7 Å². The molecule has 0 spiro atoms. The van der Waals surface area contributed by atoms with E-state index in [9.17, 15) is 9.59 Å². The predicted molar refractivity (Wildman–Crippen MR) is 68.5 cm³/mol. The highest BCUT2D eigenvalue weighted by Gasteiger charge is 2.19. The molecule has 7 heteroatoms. The van der Waals surface area contributed by atoms with Gasteiger partial charge in [0, 0.05) is 10.7 Å². The van der Waals surface area contributed by atoms with Crippen LogP contribution in [0.25, 0.3) is 0 Å². The van der Waals surface area contributed by atoms with E-state index in [4.69, 9.17) is 21.1 Å². The normalized spacial score (nSPS) is 13.1. The van der Waals surface area contributed by atoms with Gasteiger partial charge in [-0.2, -0.15) is 0 Å². The molecule has 0 radical (unpaired) electrons. The van der Waals surface area contributed by atoms with Gasteiger partial charge in [-0.3, -0.25) is 10.1 Å². The first kappa shape index (κ1) is 13.2. The average molecular weight is 283 g/mol. The van der Waals surface area contributed by atoms with Crippen molar-refractivity contribution in [1.29, 1.82) is 0 Å². The summed E-state index contributed by atoms with van der Waals surface area (Å²) in [5.41, 5.74) is 1.24. The zero-order valence-electron chi connectivity index (χ0n) is 10.0. The third-order valence-corrected chi connectivity index (χ3v) is 2.85. The number of carbonyl (C=O) groups excluding carboxylic acids is 2. The summed E-state index contributed by atoms with van der Waals surface area (Å²) >= 11 is 5.92. The molecule has 2 N–H and O–H groups in total. The van der Waals surface area contributed by atoms with Crippen LogP contribution in [0.5, 0.6) is 0 Å². The van der Waals surface area contributed by atoms with Crippen molar-refractivity contribution in [1.82, 2.24) is 5.32 Å². The Morgan fingerprint density at radius 3 is 2.84 bits per heavy atom. The molecule has 0 aromatic heterocycles. The molecule has 0 saturated heterocycles. The molecule has 0 bridgehead atoms. The molecule has 19 heavy (non-hydrogen) atoms. The van der Waals surface area contributed by atoms with Crippen molar-refractivity contribution in [2.75, 3.05) is 12.1 Å². The third-order valence-electron chi connectivity index (χ3n) is 2.44. The highest BCUT2D eigenvalue weighted by atomic mass is 35.5. The summed E-state index contributed by atoms with van der Waals surface area (Å²) in [5.74, 6) is -0.715. The Morgan fingerprint density at radius 2 is 2.16 bits per heavy atom. The molecular weight excluding hydrogens is 272 g/mol. The van der Waals surface area contributed by atoms with E-state index in [1.165, 1.54) is 0 Å². The molecular formula is C12H11ClN2O4. The van der Waals surface area contributed by atoms with Gasteiger partial charge in [0.05, 0.1) is 0 Å². The van der Waals surface area contributed by atoms with Crippen molar-refractivity contribution in [3.05, 3.63) is 40.8 Å². The summed E-state index contributed by atoms with van der Waals surface area (Å²) in [7, 11) is 0. The maximum absolute atomic E-state index is 11.6. The first-order valence-corrected chi connectivity index (χ1v) is 5.78. The standard InChI is InChI=1S/C12H11ClN2O4/c1-7-8(13)3-2-4-9(7)14-12(17)15-11(16)10-5-18-6-19-10/h2-5H,6H2,1H3,(H2,14,15,16,17). The van der Waals surface area contributed by atoms with E-state index in [1.54, 1.807) is 25.1 Å². The number of benzene rings is 1. The van der Waals surface area contributed by atoms with E-state index < -0.39 is 11.9 Å². The van der Waals surface area contributed by atoms with Gasteiger partial charge in [0.15, 0.2) is 0 Å². The number of carbonyl (C=O) groups is 2. The quantitative estimate of drug-likeness (QED) is 0.871. The molecule has 0 saturated carbocycles. The molecule has 1 aromatic carbocycles. The minimum atomic E-state index is -0.674. The second-order valence-corrected chi connectivity index (χ2v) is 4.14. The van der Waals surface area contributed by atoms with Gasteiger partial charge in [0.25, 0.3) is 5.91 Å². The highest BCUT2D eigenvalue weighted by Crippen LogP contribution is 2.22. The van der Waals surface area contributed by atoms with Gasteiger partial charge in [0.2, 0.25) is 12.6 Å². The lowest BCUT2D eigenvalue weighted by Gasteiger charge is -2.09. The number of anilines is 1. The molecule has 3 amide bonds. The van der Waals surface area contributed by atoms with Gasteiger partial charge in [0.1, 0.15) is 6.26 Å². The van der Waals surface area contributed by atoms with Gasteiger partial charge < -0.3 is 14.8 Å². The molecule has 2 rings (SSSR count). The average Bonchev–Trinajstić information content (AvgIpc) is 2.88. The number of hydrogen-bond acceptors (Lipinski definition) is 4. The first-order chi connectivity index (χ1) is 9.08. The van der Waals surface area contributed by atoms with Crippen LogP contribution in [0.2, 0.25) is 5.02 Å². The SMILES string of the molecule is Cc1c(Cl)cccc1NC(=O)NC(=O)C1=COCO1. The lowest BCUT2D eigenvalue weighted by atomic mass is 10.2. The van der Waals surface area contributed by atoms with Crippen LogP contribution in [0.4, 0.5) is 10.5 Å². The minimum absolute atomic E-state index is 0.0300.